The van der Waals surface area contributed by atoms with E-state index in [0.29, 0.717) is 10.8 Å². The van der Waals surface area contributed by atoms with Gasteiger partial charge in [-0.05, 0) is 35.9 Å². The lowest BCUT2D eigenvalue weighted by Crippen LogP contribution is -1.94. The van der Waals surface area contributed by atoms with Gasteiger partial charge in [-0.2, -0.15) is 0 Å². The van der Waals surface area contributed by atoms with Gasteiger partial charge in [0.15, 0.2) is 0 Å². The number of anilines is 1. The standard InChI is InChI=1S/C19H13ClN4/c20-14-4-1-3-13(9-14)18-15(5-2-8-22-18)12-6-7-17-16(10-12)19(21)24-11-23-17/h1-11H,(H2,21,23,24). The summed E-state index contributed by atoms with van der Waals surface area (Å²) in [5.74, 6) is 0.468. The largest absolute Gasteiger partial charge is 0.383 e. The fourth-order valence-electron chi connectivity index (χ4n) is 2.75. The maximum atomic E-state index is 6.13. The number of hydrogen-bond donors (Lipinski definition) is 1. The zero-order valence-electron chi connectivity index (χ0n) is 12.6. The maximum absolute atomic E-state index is 6.13. The molecule has 0 aliphatic heterocycles. The topological polar surface area (TPSA) is 64.7 Å². The number of pyridine rings is 1. The quantitative estimate of drug-likeness (QED) is 0.583. The Morgan fingerprint density at radius 1 is 0.833 bits per heavy atom. The van der Waals surface area contributed by atoms with Crippen molar-refractivity contribution in [2.24, 2.45) is 0 Å². The van der Waals surface area contributed by atoms with Crippen LogP contribution in [0, 0.1) is 0 Å². The Labute approximate surface area is 144 Å². The predicted octanol–water partition coefficient (Wildman–Crippen LogP) is 4.59. The van der Waals surface area contributed by atoms with E-state index >= 15 is 0 Å². The second-order valence-corrected chi connectivity index (χ2v) is 5.84. The average molecular weight is 333 g/mol. The Morgan fingerprint density at radius 3 is 2.62 bits per heavy atom. The summed E-state index contributed by atoms with van der Waals surface area (Å²) in [5.41, 5.74) is 10.7. The van der Waals surface area contributed by atoms with Crippen molar-refractivity contribution in [2.75, 3.05) is 5.73 Å². The number of fused-ring (bicyclic) bond motifs is 1. The van der Waals surface area contributed by atoms with E-state index in [9.17, 15) is 0 Å². The molecule has 0 spiro atoms. The van der Waals surface area contributed by atoms with Gasteiger partial charge in [0, 0.05) is 27.7 Å². The highest BCUT2D eigenvalue weighted by molar-refractivity contribution is 6.30. The van der Waals surface area contributed by atoms with Crippen molar-refractivity contribution in [1.82, 2.24) is 15.0 Å². The van der Waals surface area contributed by atoms with Gasteiger partial charge in [0.05, 0.1) is 11.2 Å². The molecule has 5 heteroatoms. The molecule has 0 aliphatic carbocycles. The van der Waals surface area contributed by atoms with E-state index in [1.165, 1.54) is 6.33 Å². The molecule has 24 heavy (non-hydrogen) atoms. The number of rotatable bonds is 2. The highest BCUT2D eigenvalue weighted by atomic mass is 35.5. The van der Waals surface area contributed by atoms with Crippen molar-refractivity contribution < 1.29 is 0 Å². The fraction of sp³-hybridized carbons (Fsp3) is 0. The lowest BCUT2D eigenvalue weighted by molar-refractivity contribution is 1.23. The van der Waals surface area contributed by atoms with Crippen molar-refractivity contribution in [1.29, 1.82) is 0 Å². The van der Waals surface area contributed by atoms with Crippen LogP contribution in [0.3, 0.4) is 0 Å². The Balaban J connectivity index is 1.93. The molecule has 2 heterocycles. The van der Waals surface area contributed by atoms with Gasteiger partial charge in [-0.3, -0.25) is 4.98 Å². The molecule has 4 rings (SSSR count). The van der Waals surface area contributed by atoms with Crippen molar-refractivity contribution in [2.45, 2.75) is 0 Å². The van der Waals surface area contributed by atoms with Crippen molar-refractivity contribution in [3.8, 4) is 22.4 Å². The Kier molecular flexibility index (Phi) is 3.59. The van der Waals surface area contributed by atoms with Crippen LogP contribution in [0.2, 0.25) is 5.02 Å². The molecule has 4 nitrogen and oxygen atoms in total. The summed E-state index contributed by atoms with van der Waals surface area (Å²) in [6.07, 6.45) is 3.25. The summed E-state index contributed by atoms with van der Waals surface area (Å²) >= 11 is 6.13. The zero-order valence-corrected chi connectivity index (χ0v) is 13.4. The van der Waals surface area contributed by atoms with E-state index < -0.39 is 0 Å². The second-order valence-electron chi connectivity index (χ2n) is 5.40. The molecule has 0 saturated carbocycles. The normalized spacial score (nSPS) is 10.9. The van der Waals surface area contributed by atoms with Crippen LogP contribution in [0.25, 0.3) is 33.3 Å². The minimum atomic E-state index is 0.468. The summed E-state index contributed by atoms with van der Waals surface area (Å²) in [4.78, 5) is 12.9. The maximum Gasteiger partial charge on any atom is 0.134 e. The Morgan fingerprint density at radius 2 is 1.75 bits per heavy atom. The molecule has 2 N–H and O–H groups in total. The molecule has 2 aromatic carbocycles. The van der Waals surface area contributed by atoms with Crippen LogP contribution in [0.5, 0.6) is 0 Å². The van der Waals surface area contributed by atoms with Gasteiger partial charge in [-0.1, -0.05) is 35.9 Å². The number of nitrogens with two attached hydrogens (primary N) is 1. The van der Waals surface area contributed by atoms with Gasteiger partial charge < -0.3 is 5.73 Å². The molecular weight excluding hydrogens is 320 g/mol. The number of benzene rings is 2. The van der Waals surface area contributed by atoms with E-state index in [-0.39, 0.29) is 0 Å². The van der Waals surface area contributed by atoms with Gasteiger partial charge in [0.2, 0.25) is 0 Å². The van der Waals surface area contributed by atoms with E-state index in [4.69, 9.17) is 17.3 Å². The van der Waals surface area contributed by atoms with Crippen LogP contribution >= 0.6 is 11.6 Å². The van der Waals surface area contributed by atoms with Gasteiger partial charge in [-0.15, -0.1) is 0 Å². The number of hydrogen-bond acceptors (Lipinski definition) is 4. The third-order valence-corrected chi connectivity index (χ3v) is 4.12. The van der Waals surface area contributed by atoms with E-state index in [0.717, 1.165) is 33.3 Å². The summed E-state index contributed by atoms with van der Waals surface area (Å²) in [5, 5.41) is 1.51. The van der Waals surface area contributed by atoms with Crippen LogP contribution in [0.4, 0.5) is 5.82 Å². The number of nitrogen functional groups attached to an aromatic ring is 1. The molecule has 0 unspecified atom stereocenters. The van der Waals surface area contributed by atoms with Crippen molar-refractivity contribution in [3.63, 3.8) is 0 Å². The summed E-state index contributed by atoms with van der Waals surface area (Å²) in [6, 6.07) is 17.6. The molecule has 0 atom stereocenters. The smallest absolute Gasteiger partial charge is 0.134 e. The molecule has 116 valence electrons. The molecule has 0 saturated heterocycles. The lowest BCUT2D eigenvalue weighted by atomic mass is 9.98. The minimum absolute atomic E-state index is 0.468. The van der Waals surface area contributed by atoms with E-state index in [1.807, 2.05) is 54.6 Å². The Bertz CT molecular complexity index is 1050. The summed E-state index contributed by atoms with van der Waals surface area (Å²) in [6.45, 7) is 0. The first-order valence-corrected chi connectivity index (χ1v) is 7.82. The van der Waals surface area contributed by atoms with Crippen molar-refractivity contribution in [3.05, 3.63) is 72.1 Å². The first kappa shape index (κ1) is 14.6. The zero-order chi connectivity index (χ0) is 16.5. The highest BCUT2D eigenvalue weighted by Gasteiger charge is 2.10. The SMILES string of the molecule is Nc1ncnc2ccc(-c3cccnc3-c3cccc(Cl)c3)cc12. The third-order valence-electron chi connectivity index (χ3n) is 3.88. The molecule has 0 fully saturated rings. The van der Waals surface area contributed by atoms with Crippen LogP contribution in [-0.2, 0) is 0 Å². The van der Waals surface area contributed by atoms with Crippen LogP contribution in [0.1, 0.15) is 0 Å². The number of aromatic nitrogens is 3. The average Bonchev–Trinajstić information content (AvgIpc) is 2.62. The van der Waals surface area contributed by atoms with Crippen LogP contribution in [0.15, 0.2) is 67.1 Å². The molecule has 2 aromatic heterocycles. The first-order valence-electron chi connectivity index (χ1n) is 7.44. The van der Waals surface area contributed by atoms with Gasteiger partial charge in [-0.25, -0.2) is 9.97 Å². The molecule has 4 aromatic rings. The fourth-order valence-corrected chi connectivity index (χ4v) is 2.94. The van der Waals surface area contributed by atoms with Crippen LogP contribution in [-0.4, -0.2) is 15.0 Å². The predicted molar refractivity (Wildman–Crippen MR) is 97.6 cm³/mol. The summed E-state index contributed by atoms with van der Waals surface area (Å²) < 4.78 is 0. The molecule has 0 bridgehead atoms. The Hall–Kier alpha value is -2.98. The van der Waals surface area contributed by atoms with Gasteiger partial charge in [0.1, 0.15) is 12.1 Å². The minimum Gasteiger partial charge on any atom is -0.383 e. The highest BCUT2D eigenvalue weighted by Crippen LogP contribution is 2.33. The monoisotopic (exact) mass is 332 g/mol. The van der Waals surface area contributed by atoms with Crippen LogP contribution < -0.4 is 5.73 Å². The molecule has 0 aliphatic rings. The van der Waals surface area contributed by atoms with Gasteiger partial charge >= 0.3 is 0 Å². The van der Waals surface area contributed by atoms with Crippen molar-refractivity contribution >= 4 is 28.3 Å². The lowest BCUT2D eigenvalue weighted by Gasteiger charge is -2.10. The number of nitrogens with zero attached hydrogens (tertiary/aromatic N) is 3. The molecule has 0 amide bonds. The molecular formula is C19H13ClN4. The second kappa shape index (κ2) is 5.91. The summed E-state index contributed by atoms with van der Waals surface area (Å²) in [7, 11) is 0. The first-order chi connectivity index (χ1) is 11.7. The van der Waals surface area contributed by atoms with E-state index in [2.05, 4.69) is 15.0 Å². The third kappa shape index (κ3) is 2.57. The molecule has 0 radical (unpaired) electrons. The van der Waals surface area contributed by atoms with E-state index in [1.54, 1.807) is 6.20 Å². The number of halogens is 1. The van der Waals surface area contributed by atoms with Gasteiger partial charge in [0.25, 0.3) is 0 Å².